The fourth-order valence-corrected chi connectivity index (χ4v) is 4.84. The Morgan fingerprint density at radius 3 is 2.38 bits per heavy atom. The van der Waals surface area contributed by atoms with E-state index in [4.69, 9.17) is 11.6 Å². The van der Waals surface area contributed by atoms with E-state index >= 15 is 0 Å². The van der Waals surface area contributed by atoms with Crippen molar-refractivity contribution in [2.24, 2.45) is 0 Å². The zero-order valence-corrected chi connectivity index (χ0v) is 20.1. The number of rotatable bonds is 4. The van der Waals surface area contributed by atoms with Gasteiger partial charge in [-0.15, -0.1) is 0 Å². The molecule has 1 saturated heterocycles. The van der Waals surface area contributed by atoms with Gasteiger partial charge in [0.05, 0.1) is 12.1 Å². The summed E-state index contributed by atoms with van der Waals surface area (Å²) in [6.07, 6.45) is 0.720. The molecule has 1 aliphatic heterocycles. The number of aromatic nitrogens is 1. The first-order valence-electron chi connectivity index (χ1n) is 10.8. The van der Waals surface area contributed by atoms with Crippen LogP contribution in [0, 0.1) is 0 Å². The van der Waals surface area contributed by atoms with E-state index in [1.54, 1.807) is 24.1 Å². The first-order valence-corrected chi connectivity index (χ1v) is 11.2. The molecule has 2 heterocycles. The van der Waals surface area contributed by atoms with Gasteiger partial charge in [0, 0.05) is 32.0 Å². The van der Waals surface area contributed by atoms with E-state index in [2.05, 4.69) is 9.88 Å². The monoisotopic (exact) mass is 459 g/mol. The van der Waals surface area contributed by atoms with Crippen LogP contribution in [0.25, 0.3) is 0 Å². The van der Waals surface area contributed by atoms with E-state index in [0.29, 0.717) is 23.8 Å². The lowest BCUT2D eigenvalue weighted by molar-refractivity contribution is -0.929. The van der Waals surface area contributed by atoms with Crippen molar-refractivity contribution in [3.63, 3.8) is 0 Å². The van der Waals surface area contributed by atoms with Gasteiger partial charge in [-0.05, 0) is 57.5 Å². The summed E-state index contributed by atoms with van der Waals surface area (Å²) in [5, 5.41) is 10.4. The van der Waals surface area contributed by atoms with E-state index in [-0.39, 0.29) is 22.0 Å². The normalized spacial score (nSPS) is 21.9. The second-order valence-electron chi connectivity index (χ2n) is 9.53. The van der Waals surface area contributed by atoms with Crippen molar-refractivity contribution in [2.45, 2.75) is 45.8 Å². The fraction of sp³-hybridized carbons (Fsp3) is 0.458. The minimum absolute atomic E-state index is 0.0164. The molecule has 1 unspecified atom stereocenters. The Morgan fingerprint density at radius 1 is 1.22 bits per heavy atom. The SMILES string of the molecule is C[C@H]1CN(Cc2ccc(N(C)C(=O)c3ccc(Cl)nc3)cc2)CC[N+]1(C(=O)O)C(C)(C)C. The highest BCUT2D eigenvalue weighted by atomic mass is 35.5. The molecule has 172 valence electrons. The maximum Gasteiger partial charge on any atom is 0.514 e. The maximum atomic E-state index is 12.7. The quantitative estimate of drug-likeness (QED) is 0.538. The van der Waals surface area contributed by atoms with Crippen LogP contribution >= 0.6 is 11.6 Å². The van der Waals surface area contributed by atoms with E-state index in [9.17, 15) is 14.7 Å². The number of halogens is 1. The van der Waals surface area contributed by atoms with Crippen molar-refractivity contribution in [3.05, 3.63) is 58.9 Å². The molecule has 1 aromatic heterocycles. The van der Waals surface area contributed by atoms with Crippen LogP contribution in [0.2, 0.25) is 5.15 Å². The van der Waals surface area contributed by atoms with Crippen LogP contribution in [0.1, 0.15) is 43.6 Å². The molecule has 1 fully saturated rings. The third-order valence-corrected chi connectivity index (χ3v) is 6.81. The number of amides is 2. The molecule has 3 rings (SSSR count). The fourth-order valence-electron chi connectivity index (χ4n) is 4.73. The van der Waals surface area contributed by atoms with Gasteiger partial charge in [0.1, 0.15) is 23.3 Å². The molecule has 1 N–H and O–H groups in total. The summed E-state index contributed by atoms with van der Waals surface area (Å²) < 4.78 is 0.0783. The van der Waals surface area contributed by atoms with Crippen molar-refractivity contribution < 1.29 is 19.2 Å². The van der Waals surface area contributed by atoms with Gasteiger partial charge in [0.15, 0.2) is 0 Å². The molecule has 0 bridgehead atoms. The van der Waals surface area contributed by atoms with Crippen LogP contribution in [-0.4, -0.2) is 69.7 Å². The number of piperazine rings is 1. The van der Waals surface area contributed by atoms with Gasteiger partial charge in [-0.1, -0.05) is 23.7 Å². The van der Waals surface area contributed by atoms with E-state index in [1.165, 1.54) is 6.20 Å². The van der Waals surface area contributed by atoms with Crippen LogP contribution in [0.15, 0.2) is 42.6 Å². The molecule has 0 saturated carbocycles. The van der Waals surface area contributed by atoms with Crippen LogP contribution < -0.4 is 4.90 Å². The highest BCUT2D eigenvalue weighted by Crippen LogP contribution is 2.32. The second-order valence-corrected chi connectivity index (χ2v) is 9.92. The van der Waals surface area contributed by atoms with Crippen LogP contribution in [0.5, 0.6) is 0 Å². The van der Waals surface area contributed by atoms with Gasteiger partial charge in [-0.2, -0.15) is 4.79 Å². The highest BCUT2D eigenvalue weighted by Gasteiger charge is 2.54. The van der Waals surface area contributed by atoms with E-state index < -0.39 is 6.09 Å². The Bertz CT molecular complexity index is 972. The summed E-state index contributed by atoms with van der Waals surface area (Å²) in [5.41, 5.74) is 2.02. The lowest BCUT2D eigenvalue weighted by Crippen LogP contribution is -2.73. The van der Waals surface area contributed by atoms with Gasteiger partial charge < -0.3 is 10.0 Å². The Kier molecular flexibility index (Phi) is 6.93. The van der Waals surface area contributed by atoms with Gasteiger partial charge in [0.2, 0.25) is 0 Å². The predicted octanol–water partition coefficient (Wildman–Crippen LogP) is 4.51. The molecule has 2 atom stereocenters. The zero-order valence-electron chi connectivity index (χ0n) is 19.4. The summed E-state index contributed by atoms with van der Waals surface area (Å²) >= 11 is 5.80. The topological polar surface area (TPSA) is 73.7 Å². The zero-order chi connectivity index (χ0) is 23.7. The molecular formula is C24H32ClN4O3+. The number of nitrogens with zero attached hydrogens (tertiary/aromatic N) is 4. The molecule has 0 spiro atoms. The first-order chi connectivity index (χ1) is 15.0. The standard InChI is InChI=1S/C24H31ClN4O3/c1-17-15-28(12-13-29(17,23(31)32)24(2,3)4)16-18-6-9-20(10-7-18)27(5)22(30)19-8-11-21(25)26-14-19/h6-11,14,17H,12-13,15-16H2,1-5H3/p+1/t17-,29?/m0/s1. The summed E-state index contributed by atoms with van der Waals surface area (Å²) in [7, 11) is 1.73. The van der Waals surface area contributed by atoms with Gasteiger partial charge in [0.25, 0.3) is 5.91 Å². The molecule has 1 aliphatic rings. The van der Waals surface area contributed by atoms with E-state index in [0.717, 1.165) is 24.3 Å². The largest absolute Gasteiger partial charge is 0.514 e. The summed E-state index contributed by atoms with van der Waals surface area (Å²) in [6.45, 7) is 10.8. The molecule has 2 amide bonds. The molecule has 1 aromatic carbocycles. The Hall–Kier alpha value is -2.48. The van der Waals surface area contributed by atoms with Crippen molar-refractivity contribution in [1.29, 1.82) is 0 Å². The summed E-state index contributed by atoms with van der Waals surface area (Å²) in [4.78, 5) is 32.7. The molecule has 0 aliphatic carbocycles. The van der Waals surface area contributed by atoms with E-state index in [1.807, 2.05) is 52.0 Å². The smallest absolute Gasteiger partial charge is 0.435 e. The molecule has 0 radical (unpaired) electrons. The number of benzene rings is 1. The molecule has 2 aromatic rings. The van der Waals surface area contributed by atoms with Crippen LogP contribution in [0.4, 0.5) is 10.5 Å². The van der Waals surface area contributed by atoms with Gasteiger partial charge >= 0.3 is 6.09 Å². The van der Waals surface area contributed by atoms with Crippen LogP contribution in [0.3, 0.4) is 0 Å². The van der Waals surface area contributed by atoms with Crippen molar-refractivity contribution in [3.8, 4) is 0 Å². The number of hydrogen-bond acceptors (Lipinski definition) is 4. The number of hydrogen-bond donors (Lipinski definition) is 1. The third kappa shape index (κ3) is 4.65. The molecule has 32 heavy (non-hydrogen) atoms. The highest BCUT2D eigenvalue weighted by molar-refractivity contribution is 6.29. The van der Waals surface area contributed by atoms with Gasteiger partial charge in [-0.3, -0.25) is 9.69 Å². The Balaban J connectivity index is 1.66. The Morgan fingerprint density at radius 2 is 1.88 bits per heavy atom. The minimum atomic E-state index is -0.752. The molecular weight excluding hydrogens is 428 g/mol. The Labute approximate surface area is 194 Å². The minimum Gasteiger partial charge on any atom is -0.435 e. The number of carbonyl (C=O) groups excluding carboxylic acids is 1. The van der Waals surface area contributed by atoms with Crippen LogP contribution in [-0.2, 0) is 6.54 Å². The summed E-state index contributed by atoms with van der Waals surface area (Å²) in [6, 6.07) is 11.1. The number of carbonyl (C=O) groups is 2. The van der Waals surface area contributed by atoms with Crippen molar-refractivity contribution >= 4 is 29.3 Å². The number of anilines is 1. The van der Waals surface area contributed by atoms with Crippen molar-refractivity contribution in [1.82, 2.24) is 9.88 Å². The number of pyridine rings is 1. The maximum absolute atomic E-state index is 12.7. The number of carboxylic acid groups (broad SMARTS) is 1. The average Bonchev–Trinajstić information content (AvgIpc) is 2.73. The molecule has 7 nitrogen and oxygen atoms in total. The second kappa shape index (κ2) is 9.17. The third-order valence-electron chi connectivity index (χ3n) is 6.59. The first kappa shape index (κ1) is 24.2. The predicted molar refractivity (Wildman–Crippen MR) is 126 cm³/mol. The lowest BCUT2D eigenvalue weighted by atomic mass is 9.95. The lowest BCUT2D eigenvalue weighted by Gasteiger charge is -2.52. The number of quaternary nitrogens is 1. The summed E-state index contributed by atoms with van der Waals surface area (Å²) in [5.74, 6) is -0.156. The van der Waals surface area contributed by atoms with Crippen molar-refractivity contribution in [2.75, 3.05) is 31.6 Å². The molecule has 8 heteroatoms. The van der Waals surface area contributed by atoms with Gasteiger partial charge in [-0.25, -0.2) is 9.47 Å². The average molecular weight is 460 g/mol.